The first kappa shape index (κ1) is 7.38. The zero-order valence-corrected chi connectivity index (χ0v) is 7.67. The highest BCUT2D eigenvalue weighted by atomic mass is 32.9. The lowest BCUT2D eigenvalue weighted by Gasteiger charge is -1.84. The van der Waals surface area contributed by atoms with Gasteiger partial charge >= 0.3 is 0 Å². The Hall–Kier alpha value is 0.270. The summed E-state index contributed by atoms with van der Waals surface area (Å²) in [4.78, 5) is 1.44. The molecule has 3 heteroatoms. The van der Waals surface area contributed by atoms with E-state index in [2.05, 4.69) is 13.0 Å². The van der Waals surface area contributed by atoms with Gasteiger partial charge in [-0.15, -0.1) is 0 Å². The van der Waals surface area contributed by atoms with Crippen molar-refractivity contribution >= 4 is 32.9 Å². The van der Waals surface area contributed by atoms with E-state index >= 15 is 0 Å². The summed E-state index contributed by atoms with van der Waals surface area (Å²) >= 11 is 4.98. The van der Waals surface area contributed by atoms with E-state index in [0.29, 0.717) is 0 Å². The second-order valence-corrected chi connectivity index (χ2v) is 4.84. The molecule has 1 heterocycles. The van der Waals surface area contributed by atoms with Crippen molar-refractivity contribution in [3.8, 4) is 0 Å². The standard InChI is InChI=1S/C6H8S3/c1-2-3-5-4-6(7)9-8-5/h4H,2-3H2,1H3. The Morgan fingerprint density at radius 2 is 2.33 bits per heavy atom. The van der Waals surface area contributed by atoms with Crippen molar-refractivity contribution in [1.29, 1.82) is 0 Å². The van der Waals surface area contributed by atoms with Crippen molar-refractivity contribution in [2.75, 3.05) is 0 Å². The van der Waals surface area contributed by atoms with Crippen LogP contribution >= 0.6 is 32.9 Å². The van der Waals surface area contributed by atoms with Crippen LogP contribution in [0, 0.1) is 3.82 Å². The third kappa shape index (κ3) is 2.16. The average Bonchev–Trinajstić information content (AvgIpc) is 2.17. The Kier molecular flexibility index (Phi) is 2.82. The van der Waals surface area contributed by atoms with Gasteiger partial charge in [-0.3, -0.25) is 0 Å². The second-order valence-electron chi connectivity index (χ2n) is 1.85. The number of aryl methyl sites for hydroxylation is 1. The topological polar surface area (TPSA) is 0 Å². The fourth-order valence-corrected chi connectivity index (χ4v) is 3.17. The van der Waals surface area contributed by atoms with E-state index in [1.807, 2.05) is 10.3 Å². The summed E-state index contributed by atoms with van der Waals surface area (Å²) in [5.74, 6) is 0. The molecule has 0 nitrogen and oxygen atoms in total. The van der Waals surface area contributed by atoms with Gasteiger partial charge in [0.15, 0.2) is 0 Å². The first-order valence-corrected chi connectivity index (χ1v) is 5.48. The van der Waals surface area contributed by atoms with E-state index in [1.54, 1.807) is 10.3 Å². The summed E-state index contributed by atoms with van der Waals surface area (Å²) in [6.07, 6.45) is 2.42. The highest BCUT2D eigenvalue weighted by molar-refractivity contribution is 7.79. The molecule has 0 aliphatic carbocycles. The molecule has 0 fully saturated rings. The third-order valence-electron chi connectivity index (χ3n) is 1.01. The van der Waals surface area contributed by atoms with Gasteiger partial charge in [-0.2, -0.15) is 0 Å². The average molecular weight is 176 g/mol. The molecule has 0 aliphatic rings. The Labute approximate surface area is 67.6 Å². The Balaban J connectivity index is 2.73. The molecule has 1 aromatic rings. The summed E-state index contributed by atoms with van der Waals surface area (Å²) in [5, 5.41) is 0. The van der Waals surface area contributed by atoms with Crippen molar-refractivity contribution in [3.63, 3.8) is 0 Å². The van der Waals surface area contributed by atoms with Gasteiger partial charge in [-0.05, 0) is 12.5 Å². The lowest BCUT2D eigenvalue weighted by atomic mass is 10.3. The molecule has 0 radical (unpaired) electrons. The predicted octanol–water partition coefficient (Wildman–Crippen LogP) is 3.49. The van der Waals surface area contributed by atoms with Crippen molar-refractivity contribution in [3.05, 3.63) is 14.8 Å². The smallest absolute Gasteiger partial charge is 0.0837 e. The minimum absolute atomic E-state index is 1.03. The Bertz CT molecular complexity index is 220. The summed E-state index contributed by atoms with van der Waals surface area (Å²) in [7, 11) is 3.51. The number of hydrogen-bond donors (Lipinski definition) is 0. The molecule has 0 atom stereocenters. The van der Waals surface area contributed by atoms with Crippen molar-refractivity contribution < 1.29 is 0 Å². The third-order valence-corrected chi connectivity index (χ3v) is 4.02. The molecular formula is C6H8S3. The molecule has 0 saturated heterocycles. The molecule has 0 unspecified atom stereocenters. The number of hydrogen-bond acceptors (Lipinski definition) is 3. The van der Waals surface area contributed by atoms with Crippen LogP contribution in [0.1, 0.15) is 18.2 Å². The van der Waals surface area contributed by atoms with Crippen LogP contribution in [0.25, 0.3) is 0 Å². The van der Waals surface area contributed by atoms with Crippen LogP contribution < -0.4 is 0 Å². The van der Waals surface area contributed by atoms with E-state index in [0.717, 1.165) is 3.82 Å². The summed E-state index contributed by atoms with van der Waals surface area (Å²) in [5.41, 5.74) is 0. The predicted molar refractivity (Wildman–Crippen MR) is 47.0 cm³/mol. The van der Waals surface area contributed by atoms with E-state index in [4.69, 9.17) is 12.2 Å². The first-order valence-electron chi connectivity index (χ1n) is 2.92. The maximum atomic E-state index is 4.98. The zero-order chi connectivity index (χ0) is 6.69. The maximum absolute atomic E-state index is 4.98. The molecule has 0 amide bonds. The van der Waals surface area contributed by atoms with Crippen molar-refractivity contribution in [2.24, 2.45) is 0 Å². The normalized spacial score (nSPS) is 9.89. The molecule has 9 heavy (non-hydrogen) atoms. The fraction of sp³-hybridized carbons (Fsp3) is 0.500. The molecule has 0 spiro atoms. The zero-order valence-electron chi connectivity index (χ0n) is 5.22. The molecular weight excluding hydrogens is 168 g/mol. The fourth-order valence-electron chi connectivity index (χ4n) is 0.634. The molecule has 1 rings (SSSR count). The van der Waals surface area contributed by atoms with Crippen molar-refractivity contribution in [2.45, 2.75) is 19.8 Å². The van der Waals surface area contributed by atoms with Crippen LogP contribution in [-0.2, 0) is 6.42 Å². The lowest BCUT2D eigenvalue weighted by Crippen LogP contribution is -1.71. The number of rotatable bonds is 2. The molecule has 1 aromatic heterocycles. The Morgan fingerprint density at radius 1 is 1.56 bits per heavy atom. The van der Waals surface area contributed by atoms with Gasteiger partial charge < -0.3 is 0 Å². The molecule has 0 N–H and O–H groups in total. The van der Waals surface area contributed by atoms with Gasteiger partial charge in [0, 0.05) is 4.88 Å². The quantitative estimate of drug-likeness (QED) is 0.491. The highest BCUT2D eigenvalue weighted by Crippen LogP contribution is 2.18. The van der Waals surface area contributed by atoms with E-state index < -0.39 is 0 Å². The Morgan fingerprint density at radius 3 is 2.78 bits per heavy atom. The molecule has 0 saturated carbocycles. The van der Waals surface area contributed by atoms with E-state index in [9.17, 15) is 0 Å². The van der Waals surface area contributed by atoms with Gasteiger partial charge in [0.1, 0.15) is 3.82 Å². The molecule has 0 aliphatic heterocycles. The maximum Gasteiger partial charge on any atom is 0.102 e. The van der Waals surface area contributed by atoms with Crippen LogP contribution in [0.15, 0.2) is 6.07 Å². The lowest BCUT2D eigenvalue weighted by molar-refractivity contribution is 0.940. The van der Waals surface area contributed by atoms with Crippen LogP contribution in [0.3, 0.4) is 0 Å². The summed E-state index contributed by atoms with van der Waals surface area (Å²) in [6.45, 7) is 2.19. The van der Waals surface area contributed by atoms with Crippen LogP contribution in [0.2, 0.25) is 0 Å². The van der Waals surface area contributed by atoms with Gasteiger partial charge in [0.25, 0.3) is 0 Å². The van der Waals surface area contributed by atoms with Crippen LogP contribution in [0.5, 0.6) is 0 Å². The SMILES string of the molecule is CCCc1cc(=S)ss1. The van der Waals surface area contributed by atoms with Gasteiger partial charge in [-0.25, -0.2) is 0 Å². The van der Waals surface area contributed by atoms with E-state index in [-0.39, 0.29) is 0 Å². The monoisotopic (exact) mass is 176 g/mol. The first-order chi connectivity index (χ1) is 4.33. The minimum Gasteiger partial charge on any atom is -0.0837 e. The largest absolute Gasteiger partial charge is 0.102 e. The van der Waals surface area contributed by atoms with Gasteiger partial charge in [0.05, 0.1) is 0 Å². The van der Waals surface area contributed by atoms with Crippen molar-refractivity contribution in [1.82, 2.24) is 0 Å². The van der Waals surface area contributed by atoms with Crippen LogP contribution in [0.4, 0.5) is 0 Å². The molecule has 0 bridgehead atoms. The van der Waals surface area contributed by atoms with E-state index in [1.165, 1.54) is 17.7 Å². The summed E-state index contributed by atoms with van der Waals surface area (Å²) < 4.78 is 1.03. The minimum atomic E-state index is 1.03. The van der Waals surface area contributed by atoms with Gasteiger partial charge in [-0.1, -0.05) is 46.2 Å². The molecule has 50 valence electrons. The van der Waals surface area contributed by atoms with Crippen LogP contribution in [-0.4, -0.2) is 0 Å². The van der Waals surface area contributed by atoms with Gasteiger partial charge in [0.2, 0.25) is 0 Å². The second kappa shape index (κ2) is 3.44. The summed E-state index contributed by atoms with van der Waals surface area (Å²) in [6, 6.07) is 2.11. The highest BCUT2D eigenvalue weighted by Gasteiger charge is 1.91. The molecule has 0 aromatic carbocycles.